The minimum Gasteiger partial charge on any atom is -0.348 e. The Hall–Kier alpha value is -1.68. The van der Waals surface area contributed by atoms with Crippen LogP contribution in [0.1, 0.15) is 25.3 Å². The van der Waals surface area contributed by atoms with E-state index in [1.54, 1.807) is 25.1 Å². The lowest BCUT2D eigenvalue weighted by Gasteiger charge is -2.23. The van der Waals surface area contributed by atoms with Crippen LogP contribution in [0.15, 0.2) is 29.8 Å². The van der Waals surface area contributed by atoms with Crippen LogP contribution in [-0.4, -0.2) is 25.0 Å². The largest absolute Gasteiger partial charge is 0.348 e. The summed E-state index contributed by atoms with van der Waals surface area (Å²) >= 11 is 0. The van der Waals surface area contributed by atoms with Crippen molar-refractivity contribution in [3.63, 3.8) is 0 Å². The summed E-state index contributed by atoms with van der Waals surface area (Å²) < 4.78 is 12.8. The van der Waals surface area contributed by atoms with Crippen molar-refractivity contribution in [1.82, 2.24) is 10.6 Å². The Morgan fingerprint density at radius 3 is 2.79 bits per heavy atom. The van der Waals surface area contributed by atoms with Gasteiger partial charge in [-0.15, -0.1) is 0 Å². The van der Waals surface area contributed by atoms with Gasteiger partial charge in [0.05, 0.1) is 0 Å². The maximum Gasteiger partial charge on any atom is 0.247 e. The quantitative estimate of drug-likeness (QED) is 0.819. The molecule has 4 heteroatoms. The smallest absolute Gasteiger partial charge is 0.247 e. The van der Waals surface area contributed by atoms with Gasteiger partial charge in [0.1, 0.15) is 5.82 Å². The first-order valence-electron chi connectivity index (χ1n) is 6.60. The second kappa shape index (κ2) is 6.48. The molecule has 1 heterocycles. The molecule has 1 aromatic rings. The SMILES string of the molecule is C/C(=C\c1ccc(F)cc1)C(=O)N[C@H]1CCCNC1. The van der Waals surface area contributed by atoms with Crippen molar-refractivity contribution in [3.8, 4) is 0 Å². The minimum atomic E-state index is -0.271. The summed E-state index contributed by atoms with van der Waals surface area (Å²) in [6.45, 7) is 3.63. The lowest BCUT2D eigenvalue weighted by atomic mass is 10.1. The molecule has 3 nitrogen and oxygen atoms in total. The maximum atomic E-state index is 12.8. The van der Waals surface area contributed by atoms with Gasteiger partial charge >= 0.3 is 0 Å². The normalized spacial score (nSPS) is 20.1. The first-order valence-corrected chi connectivity index (χ1v) is 6.60. The highest BCUT2D eigenvalue weighted by atomic mass is 19.1. The van der Waals surface area contributed by atoms with Gasteiger partial charge in [-0.05, 0) is 50.1 Å². The molecule has 1 aliphatic heterocycles. The summed E-state index contributed by atoms with van der Waals surface area (Å²) in [6, 6.07) is 6.31. The lowest BCUT2D eigenvalue weighted by Crippen LogP contribution is -2.45. The summed E-state index contributed by atoms with van der Waals surface area (Å²) in [5.74, 6) is -0.328. The molecule has 1 fully saturated rings. The standard InChI is InChI=1S/C15H19FN2O/c1-11(9-12-4-6-13(16)7-5-12)15(19)18-14-3-2-8-17-10-14/h4-7,9,14,17H,2-3,8,10H2,1H3,(H,18,19)/b11-9+/t14-/m0/s1. The van der Waals surface area contributed by atoms with E-state index in [-0.39, 0.29) is 17.8 Å². The third-order valence-corrected chi connectivity index (χ3v) is 3.24. The average molecular weight is 262 g/mol. The topological polar surface area (TPSA) is 41.1 Å². The number of hydrogen-bond donors (Lipinski definition) is 2. The van der Waals surface area contributed by atoms with E-state index in [9.17, 15) is 9.18 Å². The number of benzene rings is 1. The van der Waals surface area contributed by atoms with E-state index in [2.05, 4.69) is 10.6 Å². The van der Waals surface area contributed by atoms with E-state index in [1.165, 1.54) is 12.1 Å². The fraction of sp³-hybridized carbons (Fsp3) is 0.400. The number of carbonyl (C=O) groups excluding carboxylic acids is 1. The first kappa shape index (κ1) is 13.7. The molecule has 0 unspecified atom stereocenters. The van der Waals surface area contributed by atoms with Gasteiger partial charge < -0.3 is 10.6 Å². The molecular weight excluding hydrogens is 243 g/mol. The highest BCUT2D eigenvalue weighted by molar-refractivity contribution is 5.97. The van der Waals surface area contributed by atoms with Crippen LogP contribution in [0.3, 0.4) is 0 Å². The maximum absolute atomic E-state index is 12.8. The van der Waals surface area contributed by atoms with Crippen molar-refractivity contribution < 1.29 is 9.18 Å². The molecule has 19 heavy (non-hydrogen) atoms. The van der Waals surface area contributed by atoms with Crippen molar-refractivity contribution >= 4 is 12.0 Å². The molecular formula is C15H19FN2O. The number of hydrogen-bond acceptors (Lipinski definition) is 2. The van der Waals surface area contributed by atoms with Gasteiger partial charge in [0.15, 0.2) is 0 Å². The summed E-state index contributed by atoms with van der Waals surface area (Å²) in [5, 5.41) is 6.27. The molecule has 2 N–H and O–H groups in total. The van der Waals surface area contributed by atoms with Crippen LogP contribution >= 0.6 is 0 Å². The van der Waals surface area contributed by atoms with E-state index < -0.39 is 0 Å². The number of rotatable bonds is 3. The second-order valence-corrected chi connectivity index (χ2v) is 4.90. The van der Waals surface area contributed by atoms with Crippen LogP contribution in [0.2, 0.25) is 0 Å². The number of halogens is 1. The Labute approximate surface area is 112 Å². The van der Waals surface area contributed by atoms with Gasteiger partial charge in [0.25, 0.3) is 0 Å². The van der Waals surface area contributed by atoms with Gasteiger partial charge in [-0.2, -0.15) is 0 Å². The highest BCUT2D eigenvalue weighted by Crippen LogP contribution is 2.09. The summed E-state index contributed by atoms with van der Waals surface area (Å²) in [6.07, 6.45) is 3.87. The predicted molar refractivity (Wildman–Crippen MR) is 74.1 cm³/mol. The van der Waals surface area contributed by atoms with E-state index in [4.69, 9.17) is 0 Å². The zero-order valence-corrected chi connectivity index (χ0v) is 11.1. The zero-order chi connectivity index (χ0) is 13.7. The predicted octanol–water partition coefficient (Wildman–Crippen LogP) is 2.10. The van der Waals surface area contributed by atoms with Crippen molar-refractivity contribution in [2.24, 2.45) is 0 Å². The van der Waals surface area contributed by atoms with Gasteiger partial charge in [-0.25, -0.2) is 4.39 Å². The molecule has 0 aliphatic carbocycles. The molecule has 1 aliphatic rings. The van der Waals surface area contributed by atoms with E-state index in [0.29, 0.717) is 5.57 Å². The molecule has 0 spiro atoms. The lowest BCUT2D eigenvalue weighted by molar-refractivity contribution is -0.118. The van der Waals surface area contributed by atoms with E-state index >= 15 is 0 Å². The zero-order valence-electron chi connectivity index (χ0n) is 11.1. The van der Waals surface area contributed by atoms with Crippen LogP contribution in [0.4, 0.5) is 4.39 Å². The third-order valence-electron chi connectivity index (χ3n) is 3.24. The van der Waals surface area contributed by atoms with Crippen molar-refractivity contribution in [2.45, 2.75) is 25.8 Å². The van der Waals surface area contributed by atoms with Gasteiger partial charge in [-0.3, -0.25) is 4.79 Å². The molecule has 0 saturated carbocycles. The van der Waals surface area contributed by atoms with Crippen LogP contribution in [0.5, 0.6) is 0 Å². The summed E-state index contributed by atoms with van der Waals surface area (Å²) in [5.41, 5.74) is 1.47. The Morgan fingerprint density at radius 2 is 2.16 bits per heavy atom. The Bertz CT molecular complexity index is 462. The molecule has 0 aromatic heterocycles. The molecule has 102 valence electrons. The minimum absolute atomic E-state index is 0.0574. The van der Waals surface area contributed by atoms with E-state index in [1.807, 2.05) is 0 Å². The molecule has 0 radical (unpaired) electrons. The highest BCUT2D eigenvalue weighted by Gasteiger charge is 2.15. The van der Waals surface area contributed by atoms with Crippen LogP contribution in [-0.2, 0) is 4.79 Å². The Morgan fingerprint density at radius 1 is 1.42 bits per heavy atom. The van der Waals surface area contributed by atoms with Crippen molar-refractivity contribution in [2.75, 3.05) is 13.1 Å². The fourth-order valence-corrected chi connectivity index (χ4v) is 2.15. The van der Waals surface area contributed by atoms with Crippen LogP contribution in [0.25, 0.3) is 6.08 Å². The van der Waals surface area contributed by atoms with E-state index in [0.717, 1.165) is 31.5 Å². The number of piperidine rings is 1. The first-order chi connectivity index (χ1) is 9.15. The molecule has 2 rings (SSSR count). The molecule has 1 amide bonds. The van der Waals surface area contributed by atoms with Gasteiger partial charge in [-0.1, -0.05) is 12.1 Å². The van der Waals surface area contributed by atoms with Gasteiger partial charge in [0.2, 0.25) is 5.91 Å². The molecule has 1 saturated heterocycles. The Balaban J connectivity index is 1.95. The monoisotopic (exact) mass is 262 g/mol. The van der Waals surface area contributed by atoms with Crippen LogP contribution in [0, 0.1) is 5.82 Å². The summed E-state index contributed by atoms with van der Waals surface area (Å²) in [4.78, 5) is 12.0. The summed E-state index contributed by atoms with van der Waals surface area (Å²) in [7, 11) is 0. The fourth-order valence-electron chi connectivity index (χ4n) is 2.15. The second-order valence-electron chi connectivity index (χ2n) is 4.90. The number of nitrogens with one attached hydrogen (secondary N) is 2. The molecule has 0 bridgehead atoms. The third kappa shape index (κ3) is 4.17. The number of carbonyl (C=O) groups is 1. The molecule has 1 aromatic carbocycles. The van der Waals surface area contributed by atoms with Crippen molar-refractivity contribution in [1.29, 1.82) is 0 Å². The number of amides is 1. The average Bonchev–Trinajstić information content (AvgIpc) is 2.42. The van der Waals surface area contributed by atoms with Gasteiger partial charge in [0, 0.05) is 18.2 Å². The Kier molecular flexibility index (Phi) is 4.68. The molecule has 1 atom stereocenters. The van der Waals surface area contributed by atoms with Crippen LogP contribution < -0.4 is 10.6 Å². The van der Waals surface area contributed by atoms with Crippen molar-refractivity contribution in [3.05, 3.63) is 41.2 Å².